The molecule has 6 heteroatoms. The SMILES string of the molecule is CNC(C)C(=O)Nc1ccc(OC)c(OCCO)c1. The van der Waals surface area contributed by atoms with Crippen molar-refractivity contribution in [2.45, 2.75) is 13.0 Å². The van der Waals surface area contributed by atoms with Gasteiger partial charge >= 0.3 is 0 Å². The van der Waals surface area contributed by atoms with Crippen LogP contribution in [0.3, 0.4) is 0 Å². The van der Waals surface area contributed by atoms with Crippen LogP contribution >= 0.6 is 0 Å². The van der Waals surface area contributed by atoms with Crippen molar-refractivity contribution in [3.05, 3.63) is 18.2 Å². The Morgan fingerprint density at radius 1 is 1.42 bits per heavy atom. The quantitative estimate of drug-likeness (QED) is 0.675. The maximum Gasteiger partial charge on any atom is 0.241 e. The molecule has 19 heavy (non-hydrogen) atoms. The minimum atomic E-state index is -0.288. The van der Waals surface area contributed by atoms with Crippen LogP contribution in [0.4, 0.5) is 5.69 Å². The van der Waals surface area contributed by atoms with E-state index < -0.39 is 0 Å². The molecule has 0 heterocycles. The summed E-state index contributed by atoms with van der Waals surface area (Å²) >= 11 is 0. The van der Waals surface area contributed by atoms with Gasteiger partial charge in [-0.2, -0.15) is 0 Å². The molecule has 3 N–H and O–H groups in total. The molecule has 0 spiro atoms. The molecule has 1 rings (SSSR count). The number of hydrogen-bond donors (Lipinski definition) is 3. The van der Waals surface area contributed by atoms with Gasteiger partial charge < -0.3 is 25.2 Å². The Hall–Kier alpha value is -1.79. The van der Waals surface area contributed by atoms with Gasteiger partial charge in [0.25, 0.3) is 0 Å². The summed E-state index contributed by atoms with van der Waals surface area (Å²) in [5.74, 6) is 0.889. The van der Waals surface area contributed by atoms with Crippen molar-refractivity contribution >= 4 is 11.6 Å². The van der Waals surface area contributed by atoms with Gasteiger partial charge in [-0.15, -0.1) is 0 Å². The molecule has 1 aromatic rings. The summed E-state index contributed by atoms with van der Waals surface area (Å²) in [5.41, 5.74) is 0.612. The lowest BCUT2D eigenvalue weighted by Crippen LogP contribution is -2.35. The van der Waals surface area contributed by atoms with Crippen LogP contribution in [-0.2, 0) is 4.79 Å². The fraction of sp³-hybridized carbons (Fsp3) is 0.462. The molecule has 1 amide bonds. The van der Waals surface area contributed by atoms with Crippen molar-refractivity contribution in [3.63, 3.8) is 0 Å². The monoisotopic (exact) mass is 268 g/mol. The highest BCUT2D eigenvalue weighted by molar-refractivity contribution is 5.94. The number of ether oxygens (including phenoxy) is 2. The van der Waals surface area contributed by atoms with E-state index in [1.54, 1.807) is 32.2 Å². The van der Waals surface area contributed by atoms with Crippen LogP contribution in [-0.4, -0.2) is 44.4 Å². The Balaban J connectivity index is 2.82. The Kier molecular flexibility index (Phi) is 6.11. The summed E-state index contributed by atoms with van der Waals surface area (Å²) < 4.78 is 10.5. The third-order valence-corrected chi connectivity index (χ3v) is 2.61. The number of hydrogen-bond acceptors (Lipinski definition) is 5. The molecule has 0 aliphatic heterocycles. The van der Waals surface area contributed by atoms with E-state index in [1.165, 1.54) is 7.11 Å². The lowest BCUT2D eigenvalue weighted by atomic mass is 10.2. The van der Waals surface area contributed by atoms with Gasteiger partial charge in [0.1, 0.15) is 6.61 Å². The van der Waals surface area contributed by atoms with Crippen LogP contribution in [0.15, 0.2) is 18.2 Å². The lowest BCUT2D eigenvalue weighted by molar-refractivity contribution is -0.117. The van der Waals surface area contributed by atoms with E-state index in [0.717, 1.165) is 0 Å². The normalized spacial score (nSPS) is 11.8. The van der Waals surface area contributed by atoms with E-state index in [2.05, 4.69) is 10.6 Å². The Morgan fingerprint density at radius 3 is 2.74 bits per heavy atom. The number of anilines is 1. The number of amides is 1. The van der Waals surface area contributed by atoms with E-state index in [1.807, 2.05) is 0 Å². The van der Waals surface area contributed by atoms with Crippen molar-refractivity contribution in [2.24, 2.45) is 0 Å². The molecule has 0 aliphatic carbocycles. The smallest absolute Gasteiger partial charge is 0.241 e. The van der Waals surface area contributed by atoms with Gasteiger partial charge in [-0.1, -0.05) is 0 Å². The highest BCUT2D eigenvalue weighted by atomic mass is 16.5. The highest BCUT2D eigenvalue weighted by Gasteiger charge is 2.12. The molecule has 0 aromatic heterocycles. The summed E-state index contributed by atoms with van der Waals surface area (Å²) in [7, 11) is 3.25. The first-order valence-corrected chi connectivity index (χ1v) is 6.02. The molecule has 106 valence electrons. The Labute approximate surface area is 112 Å². The number of likely N-dealkylation sites (N-methyl/N-ethyl adjacent to an activating group) is 1. The maximum absolute atomic E-state index is 11.7. The number of benzene rings is 1. The zero-order valence-electron chi connectivity index (χ0n) is 11.4. The summed E-state index contributed by atoms with van der Waals surface area (Å²) in [6.07, 6.45) is 0. The van der Waals surface area contributed by atoms with Gasteiger partial charge in [0.2, 0.25) is 5.91 Å². The molecule has 1 atom stereocenters. The van der Waals surface area contributed by atoms with E-state index in [-0.39, 0.29) is 25.2 Å². The first-order valence-electron chi connectivity index (χ1n) is 6.02. The number of nitrogens with one attached hydrogen (secondary N) is 2. The Morgan fingerprint density at radius 2 is 2.16 bits per heavy atom. The van der Waals surface area contributed by atoms with E-state index in [0.29, 0.717) is 17.2 Å². The predicted octanol–water partition coefficient (Wildman–Crippen LogP) is 0.613. The average molecular weight is 268 g/mol. The lowest BCUT2D eigenvalue weighted by Gasteiger charge is -2.14. The van der Waals surface area contributed by atoms with Crippen LogP contribution in [0.5, 0.6) is 11.5 Å². The second-order valence-electron chi connectivity index (χ2n) is 3.94. The van der Waals surface area contributed by atoms with Crippen molar-refractivity contribution in [1.29, 1.82) is 0 Å². The first-order chi connectivity index (χ1) is 9.12. The summed E-state index contributed by atoms with van der Waals surface area (Å²) in [5, 5.41) is 14.4. The van der Waals surface area contributed by atoms with E-state index in [4.69, 9.17) is 14.6 Å². The van der Waals surface area contributed by atoms with Gasteiger partial charge in [-0.05, 0) is 26.1 Å². The molecule has 1 unspecified atom stereocenters. The predicted molar refractivity (Wildman–Crippen MR) is 72.7 cm³/mol. The Bertz CT molecular complexity index is 423. The van der Waals surface area contributed by atoms with Crippen LogP contribution in [0.1, 0.15) is 6.92 Å². The second-order valence-corrected chi connectivity index (χ2v) is 3.94. The third kappa shape index (κ3) is 4.42. The maximum atomic E-state index is 11.7. The highest BCUT2D eigenvalue weighted by Crippen LogP contribution is 2.30. The standard InChI is InChI=1S/C13H20N2O4/c1-9(14-2)13(17)15-10-4-5-11(18-3)12(8-10)19-7-6-16/h4-5,8-9,14,16H,6-7H2,1-3H3,(H,15,17). The van der Waals surface area contributed by atoms with Crippen molar-refractivity contribution < 1.29 is 19.4 Å². The molecular formula is C13H20N2O4. The number of aliphatic hydroxyl groups excluding tert-OH is 1. The number of rotatable bonds is 7. The number of methoxy groups -OCH3 is 1. The van der Waals surface area contributed by atoms with Gasteiger partial charge in [-0.3, -0.25) is 4.79 Å². The minimum Gasteiger partial charge on any atom is -0.493 e. The van der Waals surface area contributed by atoms with Crippen LogP contribution in [0.25, 0.3) is 0 Å². The van der Waals surface area contributed by atoms with E-state index >= 15 is 0 Å². The van der Waals surface area contributed by atoms with Crippen molar-refractivity contribution in [3.8, 4) is 11.5 Å². The fourth-order valence-electron chi connectivity index (χ4n) is 1.40. The first kappa shape index (κ1) is 15.3. The average Bonchev–Trinajstić information content (AvgIpc) is 2.44. The topological polar surface area (TPSA) is 79.8 Å². The van der Waals surface area contributed by atoms with E-state index in [9.17, 15) is 4.79 Å². The van der Waals surface area contributed by atoms with Gasteiger partial charge in [0, 0.05) is 11.8 Å². The molecule has 0 bridgehead atoms. The molecule has 1 aromatic carbocycles. The number of aliphatic hydroxyl groups is 1. The van der Waals surface area contributed by atoms with Gasteiger partial charge in [-0.25, -0.2) is 0 Å². The molecule has 6 nitrogen and oxygen atoms in total. The fourth-order valence-corrected chi connectivity index (χ4v) is 1.40. The van der Waals surface area contributed by atoms with Crippen molar-refractivity contribution in [2.75, 3.05) is 32.7 Å². The largest absolute Gasteiger partial charge is 0.493 e. The second kappa shape index (κ2) is 7.60. The van der Waals surface area contributed by atoms with Gasteiger partial charge in [0.05, 0.1) is 19.8 Å². The molecule has 0 radical (unpaired) electrons. The zero-order chi connectivity index (χ0) is 14.3. The van der Waals surface area contributed by atoms with Crippen molar-refractivity contribution in [1.82, 2.24) is 5.32 Å². The number of carbonyl (C=O) groups is 1. The summed E-state index contributed by atoms with van der Waals surface area (Å²) in [4.78, 5) is 11.7. The van der Waals surface area contributed by atoms with Gasteiger partial charge in [0.15, 0.2) is 11.5 Å². The summed E-state index contributed by atoms with van der Waals surface area (Å²) in [6, 6.07) is 4.80. The minimum absolute atomic E-state index is 0.0868. The number of carbonyl (C=O) groups excluding carboxylic acids is 1. The molecule has 0 fully saturated rings. The third-order valence-electron chi connectivity index (χ3n) is 2.61. The zero-order valence-corrected chi connectivity index (χ0v) is 11.4. The molecule has 0 saturated heterocycles. The summed E-state index contributed by atoms with van der Waals surface area (Å²) in [6.45, 7) is 1.85. The molecule has 0 aliphatic rings. The van der Waals surface area contributed by atoms with Crippen LogP contribution < -0.4 is 20.1 Å². The molecular weight excluding hydrogens is 248 g/mol. The molecule has 0 saturated carbocycles. The van der Waals surface area contributed by atoms with Crippen LogP contribution in [0, 0.1) is 0 Å². The van der Waals surface area contributed by atoms with Crippen LogP contribution in [0.2, 0.25) is 0 Å².